The maximum Gasteiger partial charge on any atom is 0.260 e. The standard InChI is InChI=1S/C22H28N2O3/c1-17-15-23(2)14-13-21(17)24(3)22(25)16-26-18-9-11-20(12-10-18)27-19-7-5-4-6-8-19/h4-12,17,21H,13-16H2,1-3H3/t17-,21-/m0/s1. The van der Waals surface area contributed by atoms with Crippen LogP contribution in [0.5, 0.6) is 17.2 Å². The number of likely N-dealkylation sites (N-methyl/N-ethyl adjacent to an activating group) is 1. The lowest BCUT2D eigenvalue weighted by Crippen LogP contribution is -2.50. The molecule has 0 spiro atoms. The van der Waals surface area contributed by atoms with Crippen LogP contribution in [-0.4, -0.2) is 55.5 Å². The van der Waals surface area contributed by atoms with E-state index in [1.165, 1.54) is 0 Å². The van der Waals surface area contributed by atoms with Crippen molar-refractivity contribution in [3.05, 3.63) is 54.6 Å². The molecular weight excluding hydrogens is 340 g/mol. The summed E-state index contributed by atoms with van der Waals surface area (Å²) in [6, 6.07) is 17.2. The quantitative estimate of drug-likeness (QED) is 0.780. The van der Waals surface area contributed by atoms with Gasteiger partial charge in [-0.2, -0.15) is 0 Å². The van der Waals surface area contributed by atoms with E-state index in [9.17, 15) is 4.79 Å². The van der Waals surface area contributed by atoms with E-state index in [4.69, 9.17) is 9.47 Å². The molecule has 0 saturated carbocycles. The van der Waals surface area contributed by atoms with Crippen molar-refractivity contribution in [3.8, 4) is 17.2 Å². The Labute approximate surface area is 161 Å². The van der Waals surface area contributed by atoms with Crippen molar-refractivity contribution in [1.29, 1.82) is 0 Å². The van der Waals surface area contributed by atoms with E-state index in [1.807, 2.05) is 66.5 Å². The summed E-state index contributed by atoms with van der Waals surface area (Å²) >= 11 is 0. The monoisotopic (exact) mass is 368 g/mol. The Morgan fingerprint density at radius 2 is 1.70 bits per heavy atom. The van der Waals surface area contributed by atoms with Crippen molar-refractivity contribution in [1.82, 2.24) is 9.80 Å². The fourth-order valence-electron chi connectivity index (χ4n) is 3.58. The van der Waals surface area contributed by atoms with Crippen molar-refractivity contribution in [2.45, 2.75) is 19.4 Å². The Morgan fingerprint density at radius 1 is 1.07 bits per heavy atom. The van der Waals surface area contributed by atoms with Crippen LogP contribution in [0.3, 0.4) is 0 Å². The summed E-state index contributed by atoms with van der Waals surface area (Å²) in [5, 5.41) is 0. The molecule has 1 amide bonds. The van der Waals surface area contributed by atoms with E-state index in [1.54, 1.807) is 0 Å². The highest BCUT2D eigenvalue weighted by Gasteiger charge is 2.29. The Bertz CT molecular complexity index is 733. The Hall–Kier alpha value is -2.53. The van der Waals surface area contributed by atoms with Crippen molar-refractivity contribution >= 4 is 5.91 Å². The van der Waals surface area contributed by atoms with Crippen LogP contribution in [0.1, 0.15) is 13.3 Å². The minimum atomic E-state index is 0.0148. The molecule has 1 heterocycles. The van der Waals surface area contributed by atoms with Gasteiger partial charge in [-0.05, 0) is 62.3 Å². The Balaban J connectivity index is 1.50. The first-order chi connectivity index (χ1) is 13.0. The van der Waals surface area contributed by atoms with E-state index in [0.717, 1.165) is 31.0 Å². The molecule has 0 radical (unpaired) electrons. The van der Waals surface area contributed by atoms with E-state index in [0.29, 0.717) is 11.7 Å². The number of nitrogens with zero attached hydrogens (tertiary/aromatic N) is 2. The summed E-state index contributed by atoms with van der Waals surface area (Å²) < 4.78 is 11.4. The number of piperidine rings is 1. The van der Waals surface area contributed by atoms with Gasteiger partial charge in [0.1, 0.15) is 17.2 Å². The SMILES string of the molecule is C[C@H]1CN(C)CC[C@@H]1N(C)C(=O)COc1ccc(Oc2ccccc2)cc1. The number of likely N-dealkylation sites (tertiary alicyclic amines) is 1. The van der Waals surface area contributed by atoms with Crippen LogP contribution in [0, 0.1) is 5.92 Å². The third-order valence-electron chi connectivity index (χ3n) is 5.12. The average molecular weight is 368 g/mol. The largest absolute Gasteiger partial charge is 0.484 e. The lowest BCUT2D eigenvalue weighted by molar-refractivity contribution is -0.136. The second-order valence-electron chi connectivity index (χ2n) is 7.28. The number of para-hydroxylation sites is 1. The van der Waals surface area contributed by atoms with Gasteiger partial charge in [-0.15, -0.1) is 0 Å². The lowest BCUT2D eigenvalue weighted by atomic mass is 9.93. The first-order valence-electron chi connectivity index (χ1n) is 9.43. The highest BCUT2D eigenvalue weighted by molar-refractivity contribution is 5.77. The number of hydrogen-bond donors (Lipinski definition) is 0. The van der Waals surface area contributed by atoms with E-state index >= 15 is 0 Å². The summed E-state index contributed by atoms with van der Waals surface area (Å²) in [5.41, 5.74) is 0. The molecule has 1 aliphatic heterocycles. The van der Waals surface area contributed by atoms with Gasteiger partial charge in [0.05, 0.1) is 0 Å². The zero-order chi connectivity index (χ0) is 19.2. The summed E-state index contributed by atoms with van der Waals surface area (Å²) in [6.07, 6.45) is 1.01. The van der Waals surface area contributed by atoms with Gasteiger partial charge in [-0.1, -0.05) is 25.1 Å². The maximum absolute atomic E-state index is 12.5. The highest BCUT2D eigenvalue weighted by atomic mass is 16.5. The number of amides is 1. The molecule has 1 saturated heterocycles. The zero-order valence-electron chi connectivity index (χ0n) is 16.3. The molecule has 0 unspecified atom stereocenters. The number of rotatable bonds is 6. The van der Waals surface area contributed by atoms with Crippen LogP contribution in [0.15, 0.2) is 54.6 Å². The molecule has 0 aliphatic carbocycles. The number of carbonyl (C=O) groups is 1. The summed E-state index contributed by atoms with van der Waals surface area (Å²) in [6.45, 7) is 4.30. The predicted octanol–water partition coefficient (Wildman–Crippen LogP) is 3.66. The van der Waals surface area contributed by atoms with Crippen LogP contribution < -0.4 is 9.47 Å². The maximum atomic E-state index is 12.5. The normalized spacial score (nSPS) is 20.1. The number of carbonyl (C=O) groups excluding carboxylic acids is 1. The van der Waals surface area contributed by atoms with Crippen molar-refractivity contribution in [2.24, 2.45) is 5.92 Å². The van der Waals surface area contributed by atoms with Gasteiger partial charge in [0.2, 0.25) is 0 Å². The third-order valence-corrected chi connectivity index (χ3v) is 5.12. The van der Waals surface area contributed by atoms with Crippen molar-refractivity contribution in [2.75, 3.05) is 33.8 Å². The van der Waals surface area contributed by atoms with Gasteiger partial charge in [0.15, 0.2) is 6.61 Å². The van der Waals surface area contributed by atoms with Crippen molar-refractivity contribution in [3.63, 3.8) is 0 Å². The molecule has 1 aliphatic rings. The minimum Gasteiger partial charge on any atom is -0.484 e. The molecule has 0 aromatic heterocycles. The second-order valence-corrected chi connectivity index (χ2v) is 7.28. The van der Waals surface area contributed by atoms with E-state index < -0.39 is 0 Å². The zero-order valence-corrected chi connectivity index (χ0v) is 16.3. The van der Waals surface area contributed by atoms with E-state index in [2.05, 4.69) is 18.9 Å². The van der Waals surface area contributed by atoms with Gasteiger partial charge in [0, 0.05) is 19.6 Å². The minimum absolute atomic E-state index is 0.0148. The molecule has 0 N–H and O–H groups in total. The van der Waals surface area contributed by atoms with Crippen LogP contribution in [0.2, 0.25) is 0 Å². The highest BCUT2D eigenvalue weighted by Crippen LogP contribution is 2.24. The molecule has 2 atom stereocenters. The third kappa shape index (κ3) is 5.23. The summed E-state index contributed by atoms with van der Waals surface area (Å²) in [5.74, 6) is 2.66. The van der Waals surface area contributed by atoms with Crippen LogP contribution in [-0.2, 0) is 4.79 Å². The molecule has 5 nitrogen and oxygen atoms in total. The van der Waals surface area contributed by atoms with E-state index in [-0.39, 0.29) is 18.6 Å². The smallest absolute Gasteiger partial charge is 0.260 e. The van der Waals surface area contributed by atoms with Crippen molar-refractivity contribution < 1.29 is 14.3 Å². The molecule has 27 heavy (non-hydrogen) atoms. The number of ether oxygens (including phenoxy) is 2. The van der Waals surface area contributed by atoms with Crippen LogP contribution in [0.4, 0.5) is 0 Å². The van der Waals surface area contributed by atoms with Gasteiger partial charge >= 0.3 is 0 Å². The average Bonchev–Trinajstić information content (AvgIpc) is 2.67. The van der Waals surface area contributed by atoms with Gasteiger partial charge in [-0.3, -0.25) is 4.79 Å². The van der Waals surface area contributed by atoms with Gasteiger partial charge in [0.25, 0.3) is 5.91 Å². The second kappa shape index (κ2) is 8.91. The molecule has 144 valence electrons. The van der Waals surface area contributed by atoms with Gasteiger partial charge < -0.3 is 19.3 Å². The number of benzene rings is 2. The Morgan fingerprint density at radius 3 is 2.37 bits per heavy atom. The first kappa shape index (κ1) is 19.2. The first-order valence-corrected chi connectivity index (χ1v) is 9.43. The molecule has 2 aromatic rings. The number of hydrogen-bond acceptors (Lipinski definition) is 4. The van der Waals surface area contributed by atoms with Crippen LogP contribution in [0.25, 0.3) is 0 Å². The predicted molar refractivity (Wildman–Crippen MR) is 106 cm³/mol. The summed E-state index contributed by atoms with van der Waals surface area (Å²) in [4.78, 5) is 16.7. The fourth-order valence-corrected chi connectivity index (χ4v) is 3.58. The molecular formula is C22H28N2O3. The molecule has 0 bridgehead atoms. The molecule has 3 rings (SSSR count). The molecule has 5 heteroatoms. The summed E-state index contributed by atoms with van der Waals surface area (Å²) in [7, 11) is 4.01. The molecule has 2 aromatic carbocycles. The van der Waals surface area contributed by atoms with Gasteiger partial charge in [-0.25, -0.2) is 0 Å². The Kier molecular flexibility index (Phi) is 6.35. The topological polar surface area (TPSA) is 42.0 Å². The molecule has 1 fully saturated rings. The fraction of sp³-hybridized carbons (Fsp3) is 0.409. The lowest BCUT2D eigenvalue weighted by Gasteiger charge is -2.39. The van der Waals surface area contributed by atoms with Crippen LogP contribution >= 0.6 is 0 Å².